The fourth-order valence-corrected chi connectivity index (χ4v) is 3.27. The van der Waals surface area contributed by atoms with E-state index < -0.39 is 0 Å². The Morgan fingerprint density at radius 2 is 2.31 bits per heavy atom. The first-order valence-corrected chi connectivity index (χ1v) is 6.99. The van der Waals surface area contributed by atoms with Gasteiger partial charge in [-0.15, -0.1) is 11.3 Å². The lowest BCUT2D eigenvalue weighted by Gasteiger charge is -2.24. The highest BCUT2D eigenvalue weighted by molar-refractivity contribution is 7.07. The molecule has 0 aromatic carbocycles. The summed E-state index contributed by atoms with van der Waals surface area (Å²) in [4.78, 5) is 6.70. The van der Waals surface area contributed by atoms with Crippen molar-refractivity contribution in [2.75, 3.05) is 20.1 Å². The summed E-state index contributed by atoms with van der Waals surface area (Å²) in [6.07, 6.45) is 4.03. The van der Waals surface area contributed by atoms with Gasteiger partial charge in [0.05, 0.1) is 11.2 Å². The average molecular weight is 239 g/mol. The predicted molar refractivity (Wildman–Crippen MR) is 68.3 cm³/mol. The minimum absolute atomic E-state index is 0.748. The first kappa shape index (κ1) is 12.0. The van der Waals surface area contributed by atoms with E-state index in [2.05, 4.69) is 22.3 Å². The van der Waals surface area contributed by atoms with Crippen LogP contribution in [0.25, 0.3) is 0 Å². The van der Waals surface area contributed by atoms with E-state index in [-0.39, 0.29) is 0 Å². The molecule has 1 aliphatic rings. The number of aromatic nitrogens is 1. The van der Waals surface area contributed by atoms with Gasteiger partial charge >= 0.3 is 0 Å². The normalized spacial score (nSPS) is 25.4. The molecular weight excluding hydrogens is 218 g/mol. The number of hydrogen-bond donors (Lipinski definition) is 1. The Labute approximate surface area is 102 Å². The molecule has 0 amide bonds. The smallest absolute Gasteiger partial charge is 0.0795 e. The molecule has 0 bridgehead atoms. The van der Waals surface area contributed by atoms with Gasteiger partial charge in [-0.25, -0.2) is 4.98 Å². The van der Waals surface area contributed by atoms with Crippen LogP contribution in [0.1, 0.15) is 25.0 Å². The van der Waals surface area contributed by atoms with Crippen molar-refractivity contribution in [2.45, 2.75) is 25.8 Å². The van der Waals surface area contributed by atoms with Gasteiger partial charge in [0, 0.05) is 18.5 Å². The number of hydrogen-bond acceptors (Lipinski definition) is 4. The lowest BCUT2D eigenvalue weighted by Crippen LogP contribution is -2.30. The minimum atomic E-state index is 0.748. The van der Waals surface area contributed by atoms with Gasteiger partial charge in [0.2, 0.25) is 0 Å². The maximum Gasteiger partial charge on any atom is 0.0795 e. The van der Waals surface area contributed by atoms with Gasteiger partial charge in [0.1, 0.15) is 0 Å². The van der Waals surface area contributed by atoms with Crippen LogP contribution in [0.2, 0.25) is 0 Å². The third kappa shape index (κ3) is 3.03. The quantitative estimate of drug-likeness (QED) is 0.854. The Hall–Kier alpha value is -0.450. The molecule has 0 radical (unpaired) electrons. The fourth-order valence-electron chi connectivity index (χ4n) is 2.72. The summed E-state index contributed by atoms with van der Waals surface area (Å²) in [5.74, 6) is 1.55. The van der Waals surface area contributed by atoms with E-state index in [1.807, 2.05) is 5.51 Å². The van der Waals surface area contributed by atoms with Crippen LogP contribution in [0, 0.1) is 11.8 Å². The lowest BCUT2D eigenvalue weighted by atomic mass is 9.96. The van der Waals surface area contributed by atoms with Crippen molar-refractivity contribution in [3.63, 3.8) is 0 Å². The van der Waals surface area contributed by atoms with Crippen LogP contribution >= 0.6 is 11.3 Å². The molecule has 2 unspecified atom stereocenters. The van der Waals surface area contributed by atoms with Gasteiger partial charge in [-0.2, -0.15) is 0 Å². The number of nitrogens with two attached hydrogens (primary N) is 1. The van der Waals surface area contributed by atoms with Crippen molar-refractivity contribution in [3.05, 3.63) is 16.6 Å². The van der Waals surface area contributed by atoms with E-state index in [1.165, 1.54) is 31.5 Å². The molecule has 2 N–H and O–H groups in total. The van der Waals surface area contributed by atoms with Crippen molar-refractivity contribution in [2.24, 2.45) is 17.6 Å². The van der Waals surface area contributed by atoms with E-state index in [1.54, 1.807) is 11.3 Å². The van der Waals surface area contributed by atoms with Crippen molar-refractivity contribution in [3.8, 4) is 0 Å². The molecule has 0 spiro atoms. The third-order valence-corrected chi connectivity index (χ3v) is 4.22. The zero-order valence-corrected chi connectivity index (χ0v) is 10.7. The summed E-state index contributed by atoms with van der Waals surface area (Å²) >= 11 is 1.67. The van der Waals surface area contributed by atoms with E-state index in [0.29, 0.717) is 0 Å². The van der Waals surface area contributed by atoms with E-state index >= 15 is 0 Å². The van der Waals surface area contributed by atoms with E-state index in [0.717, 1.165) is 24.9 Å². The molecule has 1 saturated carbocycles. The van der Waals surface area contributed by atoms with Crippen molar-refractivity contribution < 1.29 is 0 Å². The Bertz CT molecular complexity index is 299. The molecule has 90 valence electrons. The molecule has 1 aromatic rings. The predicted octanol–water partition coefficient (Wildman–Crippen LogP) is 1.95. The van der Waals surface area contributed by atoms with Crippen molar-refractivity contribution >= 4 is 11.3 Å². The maximum atomic E-state index is 5.81. The molecule has 2 rings (SSSR count). The molecule has 0 aliphatic heterocycles. The molecule has 1 fully saturated rings. The molecular formula is C12H21N3S. The summed E-state index contributed by atoms with van der Waals surface area (Å²) in [6.45, 7) is 2.99. The molecule has 2 atom stereocenters. The fraction of sp³-hybridized carbons (Fsp3) is 0.750. The van der Waals surface area contributed by atoms with Crippen LogP contribution in [0.5, 0.6) is 0 Å². The van der Waals surface area contributed by atoms with Gasteiger partial charge in [0.15, 0.2) is 0 Å². The van der Waals surface area contributed by atoms with Crippen LogP contribution in [0.3, 0.4) is 0 Å². The van der Waals surface area contributed by atoms with Gasteiger partial charge in [-0.05, 0) is 38.3 Å². The van der Waals surface area contributed by atoms with Crippen LogP contribution in [0.4, 0.5) is 0 Å². The molecule has 0 saturated heterocycles. The van der Waals surface area contributed by atoms with Crippen molar-refractivity contribution in [1.29, 1.82) is 0 Å². The first-order chi connectivity index (χ1) is 7.79. The van der Waals surface area contributed by atoms with Gasteiger partial charge in [0.25, 0.3) is 0 Å². The Morgan fingerprint density at radius 3 is 3.00 bits per heavy atom. The van der Waals surface area contributed by atoms with Crippen LogP contribution in [0.15, 0.2) is 10.9 Å². The van der Waals surface area contributed by atoms with Gasteiger partial charge < -0.3 is 10.6 Å². The molecule has 4 heteroatoms. The largest absolute Gasteiger partial charge is 0.330 e. The SMILES string of the molecule is CN(Cc1cscn1)CC1CCCC1CN. The molecule has 1 aliphatic carbocycles. The summed E-state index contributed by atoms with van der Waals surface area (Å²) in [5, 5.41) is 2.13. The van der Waals surface area contributed by atoms with Crippen LogP contribution < -0.4 is 5.73 Å². The van der Waals surface area contributed by atoms with Crippen LogP contribution in [-0.2, 0) is 6.54 Å². The Morgan fingerprint density at radius 1 is 1.50 bits per heavy atom. The second-order valence-corrected chi connectivity index (χ2v) is 5.58. The third-order valence-electron chi connectivity index (χ3n) is 3.58. The van der Waals surface area contributed by atoms with Crippen molar-refractivity contribution in [1.82, 2.24) is 9.88 Å². The molecule has 1 aromatic heterocycles. The number of thiazole rings is 1. The lowest BCUT2D eigenvalue weighted by molar-refractivity contribution is 0.235. The summed E-state index contributed by atoms with van der Waals surface area (Å²) in [6, 6.07) is 0. The maximum absolute atomic E-state index is 5.81. The standard InChI is InChI=1S/C12H21N3S/c1-15(7-12-8-16-9-14-12)6-11-4-2-3-10(11)5-13/h8-11H,2-7,13H2,1H3. The average Bonchev–Trinajstić information content (AvgIpc) is 2.88. The van der Waals surface area contributed by atoms with Crippen LogP contribution in [-0.4, -0.2) is 30.0 Å². The highest BCUT2D eigenvalue weighted by Crippen LogP contribution is 2.31. The minimum Gasteiger partial charge on any atom is -0.330 e. The molecule has 16 heavy (non-hydrogen) atoms. The highest BCUT2D eigenvalue weighted by Gasteiger charge is 2.26. The second-order valence-electron chi connectivity index (χ2n) is 4.86. The number of nitrogens with zero attached hydrogens (tertiary/aromatic N) is 2. The van der Waals surface area contributed by atoms with Gasteiger partial charge in [-0.1, -0.05) is 6.42 Å². The Kier molecular flexibility index (Phi) is 4.32. The van der Waals surface area contributed by atoms with E-state index in [4.69, 9.17) is 5.73 Å². The first-order valence-electron chi connectivity index (χ1n) is 6.05. The van der Waals surface area contributed by atoms with Gasteiger partial charge in [-0.3, -0.25) is 0 Å². The molecule has 1 heterocycles. The molecule has 3 nitrogen and oxygen atoms in total. The highest BCUT2D eigenvalue weighted by atomic mass is 32.1. The summed E-state index contributed by atoms with van der Waals surface area (Å²) in [5.41, 5.74) is 8.90. The number of rotatable bonds is 5. The topological polar surface area (TPSA) is 42.2 Å². The monoisotopic (exact) mass is 239 g/mol. The zero-order valence-electron chi connectivity index (χ0n) is 9.93. The summed E-state index contributed by atoms with van der Waals surface area (Å²) in [7, 11) is 2.19. The zero-order chi connectivity index (χ0) is 11.4. The Balaban J connectivity index is 1.80. The van der Waals surface area contributed by atoms with E-state index in [9.17, 15) is 0 Å². The second kappa shape index (κ2) is 5.75. The summed E-state index contributed by atoms with van der Waals surface area (Å²) < 4.78 is 0.